The lowest BCUT2D eigenvalue weighted by molar-refractivity contribution is 0.238. The molecule has 4 nitrogen and oxygen atoms in total. The molecule has 0 aromatic heterocycles. The minimum atomic E-state index is -0.154. The third-order valence-corrected chi connectivity index (χ3v) is 7.87. The van der Waals surface area contributed by atoms with Crippen molar-refractivity contribution in [2.24, 2.45) is 0 Å². The van der Waals surface area contributed by atoms with E-state index in [1.54, 1.807) is 0 Å². The SMILES string of the molecule is Cc1ccc(SOCCOc2ccc(C(C)(C)c3ccc(OCCOSc4ccc(C)cc4)cc3)cc2)cc1. The highest BCUT2D eigenvalue weighted by atomic mass is 32.2. The molecular formula is C33H36O4S2. The summed E-state index contributed by atoms with van der Waals surface area (Å²) >= 11 is 2.76. The molecule has 0 saturated carbocycles. The molecule has 39 heavy (non-hydrogen) atoms. The number of aryl methyl sites for hydroxylation is 2. The smallest absolute Gasteiger partial charge is 0.119 e. The van der Waals surface area contributed by atoms with Gasteiger partial charge in [0.2, 0.25) is 0 Å². The van der Waals surface area contributed by atoms with Crippen LogP contribution in [-0.2, 0) is 13.8 Å². The second-order valence-electron chi connectivity index (χ2n) is 9.81. The fourth-order valence-corrected chi connectivity index (χ4v) is 4.97. The molecule has 0 spiro atoms. The first-order chi connectivity index (χ1) is 18.9. The van der Waals surface area contributed by atoms with Gasteiger partial charge in [-0.25, -0.2) is 0 Å². The van der Waals surface area contributed by atoms with Gasteiger partial charge in [-0.15, -0.1) is 0 Å². The van der Waals surface area contributed by atoms with Crippen LogP contribution in [0.1, 0.15) is 36.1 Å². The molecule has 0 atom stereocenters. The first-order valence-corrected chi connectivity index (χ1v) is 14.6. The molecule has 0 aliphatic heterocycles. The largest absolute Gasteiger partial charge is 0.491 e. The summed E-state index contributed by atoms with van der Waals surface area (Å²) in [5.41, 5.74) is 4.77. The summed E-state index contributed by atoms with van der Waals surface area (Å²) in [7, 11) is 0. The van der Waals surface area contributed by atoms with Crippen molar-refractivity contribution in [3.63, 3.8) is 0 Å². The normalized spacial score (nSPS) is 11.4. The second kappa shape index (κ2) is 14.5. The van der Waals surface area contributed by atoms with E-state index in [-0.39, 0.29) is 5.41 Å². The van der Waals surface area contributed by atoms with Crippen LogP contribution in [0.25, 0.3) is 0 Å². The summed E-state index contributed by atoms with van der Waals surface area (Å²) in [6.45, 7) is 10.6. The number of rotatable bonds is 14. The number of benzene rings is 4. The van der Waals surface area contributed by atoms with Gasteiger partial charge in [0.15, 0.2) is 0 Å². The van der Waals surface area contributed by atoms with Gasteiger partial charge in [-0.05, 0) is 73.5 Å². The summed E-state index contributed by atoms with van der Waals surface area (Å²) in [6, 6.07) is 33.2. The highest BCUT2D eigenvalue weighted by Crippen LogP contribution is 2.33. The average Bonchev–Trinajstić information content (AvgIpc) is 2.95. The topological polar surface area (TPSA) is 36.9 Å². The zero-order valence-corrected chi connectivity index (χ0v) is 24.6. The van der Waals surface area contributed by atoms with Gasteiger partial charge in [-0.1, -0.05) is 73.5 Å². The van der Waals surface area contributed by atoms with Crippen LogP contribution in [-0.4, -0.2) is 26.4 Å². The molecule has 0 fully saturated rings. The van der Waals surface area contributed by atoms with Gasteiger partial charge in [-0.3, -0.25) is 0 Å². The predicted octanol–water partition coefficient (Wildman–Crippen LogP) is 8.83. The van der Waals surface area contributed by atoms with E-state index in [0.29, 0.717) is 26.4 Å². The van der Waals surface area contributed by atoms with Gasteiger partial charge < -0.3 is 17.8 Å². The third kappa shape index (κ3) is 9.07. The Balaban J connectivity index is 1.18. The van der Waals surface area contributed by atoms with Gasteiger partial charge in [-0.2, -0.15) is 0 Å². The zero-order valence-electron chi connectivity index (χ0n) is 23.0. The summed E-state index contributed by atoms with van der Waals surface area (Å²) < 4.78 is 23.1. The highest BCUT2D eigenvalue weighted by Gasteiger charge is 2.23. The minimum Gasteiger partial charge on any atom is -0.491 e. The standard InChI is InChI=1S/C33H36O4S2/c1-25-5-17-31(18-6-25)38-36-23-21-34-29-13-9-27(10-14-29)33(3,4)28-11-15-30(16-12-28)35-22-24-37-39-32-19-7-26(2)8-20-32/h5-20H,21-24H2,1-4H3. The summed E-state index contributed by atoms with van der Waals surface area (Å²) in [5, 5.41) is 0. The maximum Gasteiger partial charge on any atom is 0.119 e. The Morgan fingerprint density at radius 3 is 1.21 bits per heavy atom. The Bertz CT molecular complexity index is 1170. The van der Waals surface area contributed by atoms with Gasteiger partial charge in [0.1, 0.15) is 24.7 Å². The van der Waals surface area contributed by atoms with Crippen LogP contribution in [0.5, 0.6) is 11.5 Å². The molecule has 4 aromatic carbocycles. The third-order valence-electron chi connectivity index (χ3n) is 6.38. The van der Waals surface area contributed by atoms with Crippen molar-refractivity contribution in [3.05, 3.63) is 119 Å². The number of hydrogen-bond donors (Lipinski definition) is 0. The van der Waals surface area contributed by atoms with Crippen LogP contribution in [0.4, 0.5) is 0 Å². The Labute approximate surface area is 241 Å². The van der Waals surface area contributed by atoms with Gasteiger partial charge >= 0.3 is 0 Å². The zero-order chi connectivity index (χ0) is 27.5. The van der Waals surface area contributed by atoms with E-state index < -0.39 is 0 Å². The van der Waals surface area contributed by atoms with Crippen LogP contribution in [0.15, 0.2) is 107 Å². The van der Waals surface area contributed by atoms with Gasteiger partial charge in [0.05, 0.1) is 13.2 Å². The maximum atomic E-state index is 5.87. The summed E-state index contributed by atoms with van der Waals surface area (Å²) in [5.74, 6) is 1.68. The predicted molar refractivity (Wildman–Crippen MR) is 162 cm³/mol. The van der Waals surface area contributed by atoms with E-state index in [9.17, 15) is 0 Å². The molecular weight excluding hydrogens is 524 g/mol. The Morgan fingerprint density at radius 1 is 0.487 bits per heavy atom. The lowest BCUT2D eigenvalue weighted by Crippen LogP contribution is -2.18. The first-order valence-electron chi connectivity index (χ1n) is 13.1. The molecule has 0 saturated heterocycles. The molecule has 0 radical (unpaired) electrons. The van der Waals surface area contributed by atoms with Crippen molar-refractivity contribution < 1.29 is 17.8 Å². The Morgan fingerprint density at radius 2 is 0.846 bits per heavy atom. The summed E-state index contributed by atoms with van der Waals surface area (Å²) in [4.78, 5) is 2.18. The van der Waals surface area contributed by atoms with Crippen LogP contribution < -0.4 is 9.47 Å². The molecule has 204 valence electrons. The molecule has 0 amide bonds. The van der Waals surface area contributed by atoms with Crippen LogP contribution >= 0.6 is 24.1 Å². The Kier molecular flexibility index (Phi) is 10.8. The quantitative estimate of drug-likeness (QED) is 0.113. The molecule has 6 heteroatoms. The second-order valence-corrected chi connectivity index (χ2v) is 11.6. The number of hydrogen-bond acceptors (Lipinski definition) is 6. The molecule has 0 heterocycles. The molecule has 0 N–H and O–H groups in total. The maximum absolute atomic E-state index is 5.87. The minimum absolute atomic E-state index is 0.154. The summed E-state index contributed by atoms with van der Waals surface area (Å²) in [6.07, 6.45) is 0. The molecule has 0 bridgehead atoms. The van der Waals surface area contributed by atoms with Gasteiger partial charge in [0, 0.05) is 39.3 Å². The van der Waals surface area contributed by atoms with E-state index in [0.717, 1.165) is 21.3 Å². The van der Waals surface area contributed by atoms with Crippen molar-refractivity contribution in [2.75, 3.05) is 26.4 Å². The highest BCUT2D eigenvalue weighted by molar-refractivity contribution is 7.94. The molecule has 0 aliphatic carbocycles. The fraction of sp³-hybridized carbons (Fsp3) is 0.273. The van der Waals surface area contributed by atoms with E-state index in [2.05, 4.69) is 100 Å². The molecule has 0 unspecified atom stereocenters. The molecule has 4 rings (SSSR count). The van der Waals surface area contributed by atoms with Crippen molar-refractivity contribution in [3.8, 4) is 11.5 Å². The van der Waals surface area contributed by atoms with E-state index >= 15 is 0 Å². The van der Waals surface area contributed by atoms with Crippen molar-refractivity contribution in [1.29, 1.82) is 0 Å². The van der Waals surface area contributed by atoms with Crippen LogP contribution in [0.3, 0.4) is 0 Å². The number of ether oxygens (including phenoxy) is 2. The lowest BCUT2D eigenvalue weighted by Gasteiger charge is -2.26. The fourth-order valence-electron chi connectivity index (χ4n) is 3.90. The monoisotopic (exact) mass is 560 g/mol. The van der Waals surface area contributed by atoms with E-state index in [4.69, 9.17) is 17.8 Å². The average molecular weight is 561 g/mol. The van der Waals surface area contributed by atoms with Crippen LogP contribution in [0.2, 0.25) is 0 Å². The Hall–Kier alpha value is -2.90. The van der Waals surface area contributed by atoms with Crippen LogP contribution in [0, 0.1) is 13.8 Å². The molecule has 4 aromatic rings. The van der Waals surface area contributed by atoms with Crippen molar-refractivity contribution in [2.45, 2.75) is 42.9 Å². The lowest BCUT2D eigenvalue weighted by atomic mass is 9.78. The van der Waals surface area contributed by atoms with Gasteiger partial charge in [0.25, 0.3) is 0 Å². The first kappa shape index (κ1) is 29.1. The molecule has 0 aliphatic rings. The van der Waals surface area contributed by atoms with Crippen molar-refractivity contribution in [1.82, 2.24) is 0 Å². The van der Waals surface area contributed by atoms with E-state index in [1.807, 2.05) is 24.3 Å². The van der Waals surface area contributed by atoms with Crippen molar-refractivity contribution >= 4 is 24.1 Å². The van der Waals surface area contributed by atoms with E-state index in [1.165, 1.54) is 46.3 Å².